The van der Waals surface area contributed by atoms with Crippen LogP contribution < -0.4 is 4.12 Å². The standard InChI is InChI=1S/C7H4F3.2C3H7.Ga/c8-7(9,10)6-4-2-1-3-5-6;2*1-3-2;/h1-4H;2*1,3H2,2H3;. The minimum absolute atomic E-state index is 0.382. The van der Waals surface area contributed by atoms with E-state index in [1.807, 2.05) is 0 Å². The van der Waals surface area contributed by atoms with E-state index >= 15 is 0 Å². The maximum atomic E-state index is 12.9. The van der Waals surface area contributed by atoms with Crippen LogP contribution in [0.2, 0.25) is 9.95 Å². The molecule has 0 nitrogen and oxygen atoms in total. The zero-order chi connectivity index (χ0) is 12.9. The Morgan fingerprint density at radius 2 is 1.53 bits per heavy atom. The van der Waals surface area contributed by atoms with Gasteiger partial charge in [0.1, 0.15) is 0 Å². The Balaban J connectivity index is 3.09. The summed E-state index contributed by atoms with van der Waals surface area (Å²) in [5.74, 6) is 0. The Morgan fingerprint density at radius 1 is 1.00 bits per heavy atom. The van der Waals surface area contributed by atoms with Crippen LogP contribution in [0, 0.1) is 0 Å². The quantitative estimate of drug-likeness (QED) is 0.714. The third-order valence-electron chi connectivity index (χ3n) is 2.98. The molecule has 0 heterocycles. The summed E-state index contributed by atoms with van der Waals surface area (Å²) < 4.78 is 39.4. The van der Waals surface area contributed by atoms with Crippen molar-refractivity contribution in [3.05, 3.63) is 29.8 Å². The molecule has 0 unspecified atom stereocenters. The molecule has 1 aromatic carbocycles. The number of alkyl halides is 3. The summed E-state index contributed by atoms with van der Waals surface area (Å²) in [6.45, 7) is 4.12. The van der Waals surface area contributed by atoms with Crippen molar-refractivity contribution in [1.82, 2.24) is 0 Å². The fourth-order valence-corrected chi connectivity index (χ4v) is 9.37. The summed E-state index contributed by atoms with van der Waals surface area (Å²) >= 11 is -1.97. The molecule has 0 radical (unpaired) electrons. The van der Waals surface area contributed by atoms with Crippen LogP contribution in [0.5, 0.6) is 0 Å². The van der Waals surface area contributed by atoms with Gasteiger partial charge in [0.2, 0.25) is 0 Å². The molecular formula is C13H18F3Ga. The molecule has 0 aliphatic carbocycles. The molecule has 17 heavy (non-hydrogen) atoms. The van der Waals surface area contributed by atoms with Gasteiger partial charge in [-0.1, -0.05) is 0 Å². The molecule has 0 atom stereocenters. The van der Waals surface area contributed by atoms with Crippen molar-refractivity contribution in [2.75, 3.05) is 0 Å². The normalized spacial score (nSPS) is 11.6. The molecule has 94 valence electrons. The van der Waals surface area contributed by atoms with Crippen LogP contribution in [0.25, 0.3) is 0 Å². The van der Waals surface area contributed by atoms with E-state index in [-0.39, 0.29) is 5.56 Å². The number of benzene rings is 1. The Morgan fingerprint density at radius 3 is 2.00 bits per heavy atom. The zero-order valence-corrected chi connectivity index (χ0v) is 12.8. The minimum atomic E-state index is -4.19. The van der Waals surface area contributed by atoms with Gasteiger partial charge in [-0.15, -0.1) is 0 Å². The van der Waals surface area contributed by atoms with Gasteiger partial charge in [0.25, 0.3) is 0 Å². The van der Waals surface area contributed by atoms with E-state index in [9.17, 15) is 13.2 Å². The zero-order valence-electron chi connectivity index (χ0n) is 10.3. The van der Waals surface area contributed by atoms with Crippen molar-refractivity contribution in [2.24, 2.45) is 0 Å². The first-order valence-corrected chi connectivity index (χ1v) is 10.8. The van der Waals surface area contributed by atoms with Gasteiger partial charge < -0.3 is 0 Å². The second-order valence-corrected chi connectivity index (χ2v) is 11.0. The molecule has 0 saturated carbocycles. The molecule has 4 heteroatoms. The number of rotatable bonds is 5. The van der Waals surface area contributed by atoms with E-state index in [0.29, 0.717) is 4.12 Å². The molecule has 0 N–H and O–H groups in total. The van der Waals surface area contributed by atoms with E-state index in [1.54, 1.807) is 12.1 Å². The average Bonchev–Trinajstić information content (AvgIpc) is 2.28. The van der Waals surface area contributed by atoms with Crippen LogP contribution in [0.4, 0.5) is 13.2 Å². The van der Waals surface area contributed by atoms with Gasteiger partial charge in [0.05, 0.1) is 0 Å². The second-order valence-electron chi connectivity index (χ2n) is 4.36. The van der Waals surface area contributed by atoms with Gasteiger partial charge in [0, 0.05) is 0 Å². The Kier molecular flexibility index (Phi) is 5.66. The number of hydrogen-bond acceptors (Lipinski definition) is 0. The van der Waals surface area contributed by atoms with E-state index in [1.165, 1.54) is 12.1 Å². The van der Waals surface area contributed by atoms with Crippen molar-refractivity contribution in [1.29, 1.82) is 0 Å². The van der Waals surface area contributed by atoms with E-state index in [0.717, 1.165) is 22.8 Å². The SMILES string of the molecule is CC[CH2][Ga]([CH2]CC)[c]1ccccc1C(F)(F)F. The van der Waals surface area contributed by atoms with Crippen molar-refractivity contribution in [3.8, 4) is 0 Å². The number of halogens is 3. The molecular weight excluding hydrogens is 283 g/mol. The molecule has 0 aromatic heterocycles. The predicted molar refractivity (Wildman–Crippen MR) is 67.0 cm³/mol. The van der Waals surface area contributed by atoms with Crippen LogP contribution >= 0.6 is 0 Å². The number of hydrogen-bond donors (Lipinski definition) is 0. The predicted octanol–water partition coefficient (Wildman–Crippen LogP) is 4.23. The van der Waals surface area contributed by atoms with Crippen LogP contribution in [0.1, 0.15) is 32.3 Å². The molecule has 0 aliphatic heterocycles. The molecule has 0 bridgehead atoms. The monoisotopic (exact) mass is 300 g/mol. The molecule has 0 spiro atoms. The van der Waals surface area contributed by atoms with Gasteiger partial charge in [-0.25, -0.2) is 0 Å². The Bertz CT molecular complexity index is 341. The third-order valence-corrected chi connectivity index (χ3v) is 11.2. The van der Waals surface area contributed by atoms with Crippen LogP contribution in [0.15, 0.2) is 24.3 Å². The van der Waals surface area contributed by atoms with Gasteiger partial charge in [0.15, 0.2) is 0 Å². The summed E-state index contributed by atoms with van der Waals surface area (Å²) in [5.41, 5.74) is -0.382. The summed E-state index contributed by atoms with van der Waals surface area (Å²) in [6.07, 6.45) is -2.20. The molecule has 0 amide bonds. The van der Waals surface area contributed by atoms with Gasteiger partial charge in [-0.05, 0) is 0 Å². The van der Waals surface area contributed by atoms with Crippen molar-refractivity contribution in [2.45, 2.75) is 42.8 Å². The Labute approximate surface area is 106 Å². The molecule has 0 aliphatic rings. The second kappa shape index (κ2) is 6.54. The van der Waals surface area contributed by atoms with Gasteiger partial charge in [-0.2, -0.15) is 0 Å². The van der Waals surface area contributed by atoms with Gasteiger partial charge in [-0.3, -0.25) is 0 Å². The van der Waals surface area contributed by atoms with Crippen LogP contribution in [0.3, 0.4) is 0 Å². The molecule has 0 fully saturated rings. The maximum absolute atomic E-state index is 12.9. The van der Waals surface area contributed by atoms with E-state index < -0.39 is 22.4 Å². The molecule has 1 rings (SSSR count). The van der Waals surface area contributed by atoms with Gasteiger partial charge >= 0.3 is 106 Å². The fraction of sp³-hybridized carbons (Fsp3) is 0.538. The van der Waals surface area contributed by atoms with Crippen molar-refractivity contribution >= 4 is 20.3 Å². The molecule has 0 saturated heterocycles. The third kappa shape index (κ3) is 4.10. The summed E-state index contributed by atoms with van der Waals surface area (Å²) in [7, 11) is 0. The fourth-order valence-electron chi connectivity index (χ4n) is 2.26. The first-order valence-electron chi connectivity index (χ1n) is 6.16. The van der Waals surface area contributed by atoms with E-state index in [4.69, 9.17) is 0 Å². The van der Waals surface area contributed by atoms with Crippen LogP contribution in [-0.4, -0.2) is 16.2 Å². The topological polar surface area (TPSA) is 0 Å². The molecule has 1 aromatic rings. The average molecular weight is 301 g/mol. The van der Waals surface area contributed by atoms with Crippen molar-refractivity contribution < 1.29 is 13.2 Å². The summed E-state index contributed by atoms with van der Waals surface area (Å²) in [5, 5.41) is 0. The van der Waals surface area contributed by atoms with E-state index in [2.05, 4.69) is 13.8 Å². The summed E-state index contributed by atoms with van der Waals surface area (Å²) in [4.78, 5) is 2.02. The van der Waals surface area contributed by atoms with Crippen LogP contribution in [-0.2, 0) is 6.18 Å². The van der Waals surface area contributed by atoms with Crippen molar-refractivity contribution in [3.63, 3.8) is 0 Å². The summed E-state index contributed by atoms with van der Waals surface area (Å²) in [6, 6.07) is 6.18. The first kappa shape index (κ1) is 14.7. The first-order chi connectivity index (χ1) is 8.00. The Hall–Kier alpha value is -0.354.